The molecule has 1 aliphatic rings. The molecule has 1 fully saturated rings. The van der Waals surface area contributed by atoms with Crippen LogP contribution >= 0.6 is 0 Å². The minimum Gasteiger partial charge on any atom is -0.356 e. The highest BCUT2D eigenvalue weighted by Gasteiger charge is 2.21. The van der Waals surface area contributed by atoms with Crippen LogP contribution in [0.3, 0.4) is 0 Å². The zero-order valence-corrected chi connectivity index (χ0v) is 14.5. The van der Waals surface area contributed by atoms with Crippen LogP contribution in [0.25, 0.3) is 0 Å². The summed E-state index contributed by atoms with van der Waals surface area (Å²) in [7, 11) is 0. The summed E-state index contributed by atoms with van der Waals surface area (Å²) < 4.78 is 13.1. The fourth-order valence-electron chi connectivity index (χ4n) is 2.78. The van der Waals surface area contributed by atoms with Gasteiger partial charge in [-0.15, -0.1) is 0 Å². The van der Waals surface area contributed by atoms with Crippen molar-refractivity contribution in [3.63, 3.8) is 0 Å². The molecule has 7 heteroatoms. The number of carbonyl (C=O) groups is 3. The molecule has 0 aliphatic carbocycles. The van der Waals surface area contributed by atoms with E-state index < -0.39 is 0 Å². The van der Waals surface area contributed by atoms with Gasteiger partial charge in [0.1, 0.15) is 5.82 Å². The lowest BCUT2D eigenvalue weighted by Crippen LogP contribution is -2.50. The number of halogens is 1. The van der Waals surface area contributed by atoms with Gasteiger partial charge in [-0.1, -0.05) is 12.1 Å². The second-order valence-corrected chi connectivity index (χ2v) is 6.12. The molecule has 0 radical (unpaired) electrons. The van der Waals surface area contributed by atoms with Crippen molar-refractivity contribution in [2.24, 2.45) is 0 Å². The van der Waals surface area contributed by atoms with Gasteiger partial charge in [-0.25, -0.2) is 4.39 Å². The van der Waals surface area contributed by atoms with E-state index in [-0.39, 0.29) is 42.9 Å². The van der Waals surface area contributed by atoms with Gasteiger partial charge in [0, 0.05) is 52.5 Å². The average Bonchev–Trinajstić information content (AvgIpc) is 2.60. The Balaban J connectivity index is 1.62. The van der Waals surface area contributed by atoms with Crippen LogP contribution in [-0.4, -0.2) is 60.2 Å². The van der Waals surface area contributed by atoms with Gasteiger partial charge in [0.15, 0.2) is 0 Å². The summed E-state index contributed by atoms with van der Waals surface area (Å²) in [5, 5.41) is 2.72. The number of amides is 3. The smallest absolute Gasteiger partial charge is 0.224 e. The Hall–Kier alpha value is -2.44. The predicted octanol–water partition coefficient (Wildman–Crippen LogP) is 0.955. The summed E-state index contributed by atoms with van der Waals surface area (Å²) in [5.74, 6) is -0.460. The van der Waals surface area contributed by atoms with Gasteiger partial charge in [-0.05, 0) is 24.1 Å². The predicted molar refractivity (Wildman–Crippen MR) is 91.2 cm³/mol. The van der Waals surface area contributed by atoms with E-state index in [0.29, 0.717) is 32.6 Å². The first-order valence-electron chi connectivity index (χ1n) is 8.50. The first-order chi connectivity index (χ1) is 12.0. The van der Waals surface area contributed by atoms with Crippen LogP contribution in [0.1, 0.15) is 25.3 Å². The number of rotatable bonds is 6. The molecule has 0 spiro atoms. The molecule has 6 nitrogen and oxygen atoms in total. The van der Waals surface area contributed by atoms with Crippen molar-refractivity contribution in [2.75, 3.05) is 32.7 Å². The molecule has 25 heavy (non-hydrogen) atoms. The van der Waals surface area contributed by atoms with Crippen molar-refractivity contribution >= 4 is 17.7 Å². The zero-order chi connectivity index (χ0) is 18.2. The molecule has 1 aromatic carbocycles. The van der Waals surface area contributed by atoms with Crippen molar-refractivity contribution in [3.05, 3.63) is 35.6 Å². The standard InChI is InChI=1S/C18H24FN3O3/c1-14(23)21-9-11-22(12-10-21)18(25)7-8-20-17(24)6-5-15-3-2-4-16(19)13-15/h2-4,13H,5-12H2,1H3,(H,20,24). The fraction of sp³-hybridized carbons (Fsp3) is 0.500. The van der Waals surface area contributed by atoms with E-state index in [1.807, 2.05) is 0 Å². The van der Waals surface area contributed by atoms with Crippen molar-refractivity contribution in [3.8, 4) is 0 Å². The molecule has 1 heterocycles. The minimum absolute atomic E-state index is 0.0198. The maximum absolute atomic E-state index is 13.1. The molecular formula is C18H24FN3O3. The molecule has 136 valence electrons. The minimum atomic E-state index is -0.312. The third kappa shape index (κ3) is 6.17. The maximum Gasteiger partial charge on any atom is 0.224 e. The lowest BCUT2D eigenvalue weighted by Gasteiger charge is -2.34. The van der Waals surface area contributed by atoms with E-state index >= 15 is 0 Å². The Kier molecular flexibility index (Phi) is 6.91. The molecule has 0 aromatic heterocycles. The Morgan fingerprint density at radius 3 is 2.40 bits per heavy atom. The van der Waals surface area contributed by atoms with E-state index in [1.54, 1.807) is 21.9 Å². The molecular weight excluding hydrogens is 325 g/mol. The molecule has 0 bridgehead atoms. The van der Waals surface area contributed by atoms with E-state index in [1.165, 1.54) is 19.1 Å². The highest BCUT2D eigenvalue weighted by atomic mass is 19.1. The molecule has 1 saturated heterocycles. The quantitative estimate of drug-likeness (QED) is 0.832. The highest BCUT2D eigenvalue weighted by Crippen LogP contribution is 2.06. The second kappa shape index (κ2) is 9.15. The Morgan fingerprint density at radius 2 is 1.76 bits per heavy atom. The molecule has 1 N–H and O–H groups in total. The van der Waals surface area contributed by atoms with E-state index in [2.05, 4.69) is 5.32 Å². The number of nitrogens with zero attached hydrogens (tertiary/aromatic N) is 2. The number of piperazine rings is 1. The number of aryl methyl sites for hydroxylation is 1. The molecule has 0 atom stereocenters. The van der Waals surface area contributed by atoms with Crippen LogP contribution in [0.15, 0.2) is 24.3 Å². The molecule has 1 aromatic rings. The first kappa shape index (κ1) is 18.9. The molecule has 0 saturated carbocycles. The van der Waals surface area contributed by atoms with Crippen molar-refractivity contribution in [1.29, 1.82) is 0 Å². The second-order valence-electron chi connectivity index (χ2n) is 6.12. The monoisotopic (exact) mass is 349 g/mol. The van der Waals surface area contributed by atoms with Crippen molar-refractivity contribution in [1.82, 2.24) is 15.1 Å². The molecule has 2 rings (SSSR count). The summed E-state index contributed by atoms with van der Waals surface area (Å²) in [5.41, 5.74) is 0.773. The summed E-state index contributed by atoms with van der Waals surface area (Å²) in [6.07, 6.45) is 0.964. The van der Waals surface area contributed by atoms with Crippen LogP contribution in [0, 0.1) is 5.82 Å². The van der Waals surface area contributed by atoms with Crippen molar-refractivity contribution < 1.29 is 18.8 Å². The summed E-state index contributed by atoms with van der Waals surface area (Å²) in [6.45, 7) is 3.99. The van der Waals surface area contributed by atoms with E-state index in [0.717, 1.165) is 5.56 Å². The third-order valence-electron chi connectivity index (χ3n) is 4.27. The van der Waals surface area contributed by atoms with Crippen LogP contribution < -0.4 is 5.32 Å². The molecule has 3 amide bonds. The Labute approximate surface area is 147 Å². The van der Waals surface area contributed by atoms with Gasteiger partial charge in [-0.2, -0.15) is 0 Å². The van der Waals surface area contributed by atoms with Gasteiger partial charge in [0.2, 0.25) is 17.7 Å². The fourth-order valence-corrected chi connectivity index (χ4v) is 2.78. The normalized spacial score (nSPS) is 14.3. The highest BCUT2D eigenvalue weighted by molar-refractivity contribution is 5.79. The summed E-state index contributed by atoms with van der Waals surface area (Å²) in [4.78, 5) is 38.6. The molecule has 0 unspecified atom stereocenters. The average molecular weight is 349 g/mol. The Bertz CT molecular complexity index is 628. The zero-order valence-electron chi connectivity index (χ0n) is 14.5. The maximum atomic E-state index is 13.1. The Morgan fingerprint density at radius 1 is 1.08 bits per heavy atom. The van der Waals surface area contributed by atoms with Crippen LogP contribution in [0.4, 0.5) is 4.39 Å². The van der Waals surface area contributed by atoms with Gasteiger partial charge in [-0.3, -0.25) is 14.4 Å². The van der Waals surface area contributed by atoms with Crippen LogP contribution in [0.5, 0.6) is 0 Å². The number of carbonyl (C=O) groups excluding carboxylic acids is 3. The first-order valence-corrected chi connectivity index (χ1v) is 8.50. The summed E-state index contributed by atoms with van der Waals surface area (Å²) >= 11 is 0. The van der Waals surface area contributed by atoms with Crippen molar-refractivity contribution in [2.45, 2.75) is 26.2 Å². The SMILES string of the molecule is CC(=O)N1CCN(C(=O)CCNC(=O)CCc2cccc(F)c2)CC1. The van der Waals surface area contributed by atoms with Crippen LogP contribution in [0.2, 0.25) is 0 Å². The molecule has 1 aliphatic heterocycles. The van der Waals surface area contributed by atoms with Crippen LogP contribution in [-0.2, 0) is 20.8 Å². The van der Waals surface area contributed by atoms with E-state index in [4.69, 9.17) is 0 Å². The number of nitrogens with one attached hydrogen (secondary N) is 1. The number of hydrogen-bond donors (Lipinski definition) is 1. The largest absolute Gasteiger partial charge is 0.356 e. The van der Waals surface area contributed by atoms with Gasteiger partial charge in [0.05, 0.1) is 0 Å². The summed E-state index contributed by atoms with van der Waals surface area (Å²) in [6, 6.07) is 6.18. The van der Waals surface area contributed by atoms with Gasteiger partial charge < -0.3 is 15.1 Å². The third-order valence-corrected chi connectivity index (χ3v) is 4.27. The van der Waals surface area contributed by atoms with Gasteiger partial charge >= 0.3 is 0 Å². The van der Waals surface area contributed by atoms with Gasteiger partial charge in [0.25, 0.3) is 0 Å². The number of benzene rings is 1. The lowest BCUT2D eigenvalue weighted by molar-refractivity contribution is -0.138. The topological polar surface area (TPSA) is 69.7 Å². The van der Waals surface area contributed by atoms with E-state index in [9.17, 15) is 18.8 Å². The number of hydrogen-bond acceptors (Lipinski definition) is 3. The lowest BCUT2D eigenvalue weighted by atomic mass is 10.1.